The predicted octanol–water partition coefficient (Wildman–Crippen LogP) is 2.48. The van der Waals surface area contributed by atoms with Crippen LogP contribution in [0.5, 0.6) is 0 Å². The fourth-order valence-electron chi connectivity index (χ4n) is 2.03. The SMILES string of the molecule is Cc1cccc([C@H]2C[C@H]2[C@@H](C)O)c1. The first kappa shape index (κ1) is 8.76. The van der Waals surface area contributed by atoms with Crippen molar-refractivity contribution in [2.75, 3.05) is 0 Å². The molecule has 0 amide bonds. The Morgan fingerprint density at radius 3 is 2.77 bits per heavy atom. The van der Waals surface area contributed by atoms with Crippen molar-refractivity contribution in [2.45, 2.75) is 32.3 Å². The van der Waals surface area contributed by atoms with Crippen molar-refractivity contribution in [3.8, 4) is 0 Å². The molecule has 1 heteroatoms. The van der Waals surface area contributed by atoms with Gasteiger partial charge in [0, 0.05) is 0 Å². The van der Waals surface area contributed by atoms with Gasteiger partial charge in [0.2, 0.25) is 0 Å². The Labute approximate surface area is 79.4 Å². The molecule has 0 bridgehead atoms. The summed E-state index contributed by atoms with van der Waals surface area (Å²) in [6, 6.07) is 8.61. The average molecular weight is 176 g/mol. The Kier molecular flexibility index (Phi) is 2.12. The smallest absolute Gasteiger partial charge is 0.0546 e. The van der Waals surface area contributed by atoms with Crippen molar-refractivity contribution in [1.82, 2.24) is 0 Å². The summed E-state index contributed by atoms with van der Waals surface area (Å²) in [4.78, 5) is 0. The molecule has 0 unspecified atom stereocenters. The van der Waals surface area contributed by atoms with Gasteiger partial charge in [-0.25, -0.2) is 0 Å². The lowest BCUT2D eigenvalue weighted by Gasteiger charge is -2.03. The maximum atomic E-state index is 9.39. The molecular formula is C12H16O. The van der Waals surface area contributed by atoms with Gasteiger partial charge in [0.05, 0.1) is 6.10 Å². The van der Waals surface area contributed by atoms with Crippen molar-refractivity contribution in [2.24, 2.45) is 5.92 Å². The van der Waals surface area contributed by atoms with E-state index in [2.05, 4.69) is 31.2 Å². The lowest BCUT2D eigenvalue weighted by molar-refractivity contribution is 0.169. The first-order chi connectivity index (χ1) is 6.18. The number of aliphatic hydroxyl groups is 1. The summed E-state index contributed by atoms with van der Waals surface area (Å²) in [7, 11) is 0. The molecule has 1 nitrogen and oxygen atoms in total. The van der Waals surface area contributed by atoms with Crippen molar-refractivity contribution in [1.29, 1.82) is 0 Å². The molecule has 1 aromatic rings. The van der Waals surface area contributed by atoms with Crippen molar-refractivity contribution in [3.63, 3.8) is 0 Å². The zero-order valence-corrected chi connectivity index (χ0v) is 8.20. The van der Waals surface area contributed by atoms with E-state index < -0.39 is 0 Å². The number of rotatable bonds is 2. The molecule has 1 saturated carbocycles. The van der Waals surface area contributed by atoms with E-state index >= 15 is 0 Å². The van der Waals surface area contributed by atoms with Crippen LogP contribution in [0.2, 0.25) is 0 Å². The van der Waals surface area contributed by atoms with E-state index in [-0.39, 0.29) is 6.10 Å². The molecule has 0 heterocycles. The van der Waals surface area contributed by atoms with Gasteiger partial charge in [0.1, 0.15) is 0 Å². The predicted molar refractivity (Wildman–Crippen MR) is 53.7 cm³/mol. The van der Waals surface area contributed by atoms with Gasteiger partial charge in [0.25, 0.3) is 0 Å². The highest BCUT2D eigenvalue weighted by Gasteiger charge is 2.41. The largest absolute Gasteiger partial charge is 0.393 e. The molecule has 1 fully saturated rings. The monoisotopic (exact) mass is 176 g/mol. The number of benzene rings is 1. The molecule has 0 spiro atoms. The highest BCUT2D eigenvalue weighted by molar-refractivity contribution is 5.30. The second kappa shape index (κ2) is 3.15. The molecule has 1 aliphatic rings. The van der Waals surface area contributed by atoms with Gasteiger partial charge in [-0.15, -0.1) is 0 Å². The Morgan fingerprint density at radius 2 is 2.23 bits per heavy atom. The third kappa shape index (κ3) is 1.75. The molecule has 70 valence electrons. The maximum Gasteiger partial charge on any atom is 0.0546 e. The first-order valence-corrected chi connectivity index (χ1v) is 4.93. The third-order valence-electron chi connectivity index (χ3n) is 2.93. The standard InChI is InChI=1S/C12H16O/c1-8-4-3-5-10(6-8)12-7-11(12)9(2)13/h3-6,9,11-13H,7H2,1-2H3/t9-,11+,12-/m1/s1. The van der Waals surface area contributed by atoms with Crippen LogP contribution in [0.4, 0.5) is 0 Å². The van der Waals surface area contributed by atoms with Gasteiger partial charge in [-0.05, 0) is 37.7 Å². The van der Waals surface area contributed by atoms with E-state index in [1.54, 1.807) is 0 Å². The molecule has 0 radical (unpaired) electrons. The van der Waals surface area contributed by atoms with Crippen LogP contribution >= 0.6 is 0 Å². The minimum atomic E-state index is -0.148. The summed E-state index contributed by atoms with van der Waals surface area (Å²) < 4.78 is 0. The van der Waals surface area contributed by atoms with Crippen LogP contribution in [-0.4, -0.2) is 11.2 Å². The summed E-state index contributed by atoms with van der Waals surface area (Å²) in [5, 5.41) is 9.39. The third-order valence-corrected chi connectivity index (χ3v) is 2.93. The second-order valence-electron chi connectivity index (χ2n) is 4.16. The first-order valence-electron chi connectivity index (χ1n) is 4.93. The Balaban J connectivity index is 2.12. The van der Waals surface area contributed by atoms with E-state index in [9.17, 15) is 5.11 Å². The molecule has 2 rings (SSSR count). The van der Waals surface area contributed by atoms with Crippen LogP contribution < -0.4 is 0 Å². The van der Waals surface area contributed by atoms with Gasteiger partial charge >= 0.3 is 0 Å². The highest BCUT2D eigenvalue weighted by Crippen LogP contribution is 2.49. The van der Waals surface area contributed by atoms with Crippen LogP contribution in [0.25, 0.3) is 0 Å². The van der Waals surface area contributed by atoms with E-state index in [1.165, 1.54) is 11.1 Å². The van der Waals surface area contributed by atoms with E-state index in [4.69, 9.17) is 0 Å². The number of aliphatic hydroxyl groups excluding tert-OH is 1. The minimum absolute atomic E-state index is 0.148. The highest BCUT2D eigenvalue weighted by atomic mass is 16.3. The van der Waals surface area contributed by atoms with Gasteiger partial charge in [-0.3, -0.25) is 0 Å². The Bertz CT molecular complexity index is 304. The normalized spacial score (nSPS) is 28.5. The second-order valence-corrected chi connectivity index (χ2v) is 4.16. The topological polar surface area (TPSA) is 20.2 Å². The molecule has 1 aromatic carbocycles. The van der Waals surface area contributed by atoms with Crippen LogP contribution in [0.15, 0.2) is 24.3 Å². The summed E-state index contributed by atoms with van der Waals surface area (Å²) in [6.07, 6.45) is 1.01. The lowest BCUT2D eigenvalue weighted by atomic mass is 10.1. The molecule has 1 aliphatic carbocycles. The molecule has 13 heavy (non-hydrogen) atoms. The number of hydrogen-bond donors (Lipinski definition) is 1. The van der Waals surface area contributed by atoms with E-state index in [0.717, 1.165) is 6.42 Å². The van der Waals surface area contributed by atoms with Gasteiger partial charge < -0.3 is 5.11 Å². The van der Waals surface area contributed by atoms with Crippen molar-refractivity contribution >= 4 is 0 Å². The van der Waals surface area contributed by atoms with Crippen molar-refractivity contribution in [3.05, 3.63) is 35.4 Å². The summed E-state index contributed by atoms with van der Waals surface area (Å²) in [5.74, 6) is 1.11. The summed E-state index contributed by atoms with van der Waals surface area (Å²) in [6.45, 7) is 4.00. The Hall–Kier alpha value is -0.820. The van der Waals surface area contributed by atoms with Gasteiger partial charge in [-0.2, -0.15) is 0 Å². The van der Waals surface area contributed by atoms with Gasteiger partial charge in [-0.1, -0.05) is 29.8 Å². The quantitative estimate of drug-likeness (QED) is 0.734. The van der Waals surface area contributed by atoms with Crippen LogP contribution in [-0.2, 0) is 0 Å². The minimum Gasteiger partial charge on any atom is -0.393 e. The summed E-state index contributed by atoms with van der Waals surface area (Å²) in [5.41, 5.74) is 2.71. The Morgan fingerprint density at radius 1 is 1.46 bits per heavy atom. The average Bonchev–Trinajstić information content (AvgIpc) is 2.82. The van der Waals surface area contributed by atoms with E-state index in [1.807, 2.05) is 6.92 Å². The van der Waals surface area contributed by atoms with Crippen LogP contribution in [0.1, 0.15) is 30.4 Å². The molecule has 0 aromatic heterocycles. The zero-order valence-electron chi connectivity index (χ0n) is 8.20. The summed E-state index contributed by atoms with van der Waals surface area (Å²) >= 11 is 0. The van der Waals surface area contributed by atoms with Crippen molar-refractivity contribution < 1.29 is 5.11 Å². The fraction of sp³-hybridized carbons (Fsp3) is 0.500. The molecular weight excluding hydrogens is 160 g/mol. The van der Waals surface area contributed by atoms with Crippen LogP contribution in [0.3, 0.4) is 0 Å². The number of aryl methyl sites for hydroxylation is 1. The molecule has 1 N–H and O–H groups in total. The molecule has 3 atom stereocenters. The fourth-order valence-corrected chi connectivity index (χ4v) is 2.03. The number of hydrogen-bond acceptors (Lipinski definition) is 1. The van der Waals surface area contributed by atoms with E-state index in [0.29, 0.717) is 11.8 Å². The van der Waals surface area contributed by atoms with Crippen LogP contribution in [0, 0.1) is 12.8 Å². The molecule has 0 saturated heterocycles. The molecule has 0 aliphatic heterocycles. The maximum absolute atomic E-state index is 9.39. The zero-order chi connectivity index (χ0) is 9.42. The van der Waals surface area contributed by atoms with Gasteiger partial charge in [0.15, 0.2) is 0 Å². The lowest BCUT2D eigenvalue weighted by Crippen LogP contribution is -2.03.